The van der Waals surface area contributed by atoms with Gasteiger partial charge in [-0.15, -0.1) is 0 Å². The third-order valence-electron chi connectivity index (χ3n) is 4.89. The molecule has 0 aromatic heterocycles. The summed E-state index contributed by atoms with van der Waals surface area (Å²) in [5.41, 5.74) is -0.00324. The Balaban J connectivity index is 2.32. The average Bonchev–Trinajstić information content (AvgIpc) is 2.94. The monoisotopic (exact) mass is 369 g/mol. The fourth-order valence-electron chi connectivity index (χ4n) is 3.30. The van der Waals surface area contributed by atoms with Gasteiger partial charge in [0.25, 0.3) is 0 Å². The number of likely N-dealkylation sites (N-methyl/N-ethyl adjacent to an activating group) is 1. The SMILES string of the molecule is CCN(C(=O)C(C)(C)c1ccc(OC)c(OC)c1)C1CCS(=O)(=O)C1. The Kier molecular flexibility index (Phi) is 5.66. The van der Waals surface area contributed by atoms with Crippen LogP contribution in [0.1, 0.15) is 32.8 Å². The predicted octanol–water partition coefficient (Wildman–Crippen LogP) is 2.02. The molecular weight excluding hydrogens is 342 g/mol. The van der Waals surface area contributed by atoms with Crippen molar-refractivity contribution in [1.82, 2.24) is 4.90 Å². The molecule has 0 bridgehead atoms. The molecule has 0 N–H and O–H groups in total. The zero-order valence-electron chi connectivity index (χ0n) is 15.5. The molecule has 140 valence electrons. The van der Waals surface area contributed by atoms with E-state index in [1.807, 2.05) is 26.8 Å². The van der Waals surface area contributed by atoms with E-state index in [2.05, 4.69) is 0 Å². The maximum atomic E-state index is 13.2. The van der Waals surface area contributed by atoms with Gasteiger partial charge in [-0.25, -0.2) is 8.42 Å². The highest BCUT2D eigenvalue weighted by Gasteiger charge is 2.40. The number of nitrogens with zero attached hydrogens (tertiary/aromatic N) is 1. The summed E-state index contributed by atoms with van der Waals surface area (Å²) >= 11 is 0. The Morgan fingerprint density at radius 3 is 2.36 bits per heavy atom. The van der Waals surface area contributed by atoms with E-state index >= 15 is 0 Å². The van der Waals surface area contributed by atoms with E-state index in [9.17, 15) is 13.2 Å². The van der Waals surface area contributed by atoms with Crippen molar-refractivity contribution in [3.8, 4) is 11.5 Å². The van der Waals surface area contributed by atoms with E-state index in [1.54, 1.807) is 31.3 Å². The Morgan fingerprint density at radius 1 is 1.24 bits per heavy atom. The first-order valence-electron chi connectivity index (χ1n) is 8.40. The Hall–Kier alpha value is -1.76. The van der Waals surface area contributed by atoms with Crippen molar-refractivity contribution in [2.45, 2.75) is 38.6 Å². The molecule has 1 aromatic carbocycles. The molecule has 2 rings (SSSR count). The molecule has 1 unspecified atom stereocenters. The van der Waals surface area contributed by atoms with Crippen LogP contribution in [0.3, 0.4) is 0 Å². The lowest BCUT2D eigenvalue weighted by molar-refractivity contribution is -0.138. The highest BCUT2D eigenvalue weighted by Crippen LogP contribution is 2.35. The van der Waals surface area contributed by atoms with Crippen molar-refractivity contribution in [3.63, 3.8) is 0 Å². The van der Waals surface area contributed by atoms with Gasteiger partial charge in [-0.1, -0.05) is 6.07 Å². The summed E-state index contributed by atoms with van der Waals surface area (Å²) in [6.45, 7) is 6.06. The maximum absolute atomic E-state index is 13.2. The molecule has 1 aromatic rings. The average molecular weight is 369 g/mol. The predicted molar refractivity (Wildman–Crippen MR) is 97.0 cm³/mol. The second-order valence-corrected chi connectivity index (χ2v) is 9.07. The van der Waals surface area contributed by atoms with Gasteiger partial charge < -0.3 is 14.4 Å². The van der Waals surface area contributed by atoms with Gasteiger partial charge in [-0.05, 0) is 44.9 Å². The molecule has 1 aliphatic heterocycles. The van der Waals surface area contributed by atoms with Crippen LogP contribution < -0.4 is 9.47 Å². The molecule has 25 heavy (non-hydrogen) atoms. The largest absolute Gasteiger partial charge is 0.493 e. The second kappa shape index (κ2) is 7.23. The number of carbonyl (C=O) groups excluding carboxylic acids is 1. The molecule has 1 aliphatic rings. The first kappa shape index (κ1) is 19.6. The van der Waals surface area contributed by atoms with Crippen LogP contribution in [0.25, 0.3) is 0 Å². The summed E-state index contributed by atoms with van der Waals surface area (Å²) in [7, 11) is 0.0721. The molecule has 1 heterocycles. The Morgan fingerprint density at radius 2 is 1.88 bits per heavy atom. The number of ether oxygens (including phenoxy) is 2. The Labute approximate surface area is 150 Å². The topological polar surface area (TPSA) is 72.9 Å². The second-order valence-electron chi connectivity index (χ2n) is 6.84. The standard InChI is InChI=1S/C18H27NO5S/c1-6-19(14-9-10-25(21,22)12-14)17(20)18(2,3)13-7-8-15(23-4)16(11-13)24-5/h7-8,11,14H,6,9-10,12H2,1-5H3. The molecule has 1 saturated heterocycles. The minimum Gasteiger partial charge on any atom is -0.493 e. The fraction of sp³-hybridized carbons (Fsp3) is 0.611. The maximum Gasteiger partial charge on any atom is 0.232 e. The van der Waals surface area contributed by atoms with Crippen molar-refractivity contribution in [2.24, 2.45) is 0 Å². The molecule has 0 spiro atoms. The van der Waals surface area contributed by atoms with Crippen LogP contribution in [0.15, 0.2) is 18.2 Å². The lowest BCUT2D eigenvalue weighted by Crippen LogP contribution is -2.49. The van der Waals surface area contributed by atoms with E-state index < -0.39 is 15.3 Å². The number of benzene rings is 1. The number of carbonyl (C=O) groups is 1. The van der Waals surface area contributed by atoms with Crippen LogP contribution in [0.4, 0.5) is 0 Å². The zero-order chi connectivity index (χ0) is 18.8. The van der Waals surface area contributed by atoms with Gasteiger partial charge in [0.1, 0.15) is 0 Å². The highest BCUT2D eigenvalue weighted by atomic mass is 32.2. The summed E-state index contributed by atoms with van der Waals surface area (Å²) < 4.78 is 34.2. The third kappa shape index (κ3) is 3.92. The lowest BCUT2D eigenvalue weighted by atomic mass is 9.82. The minimum atomic E-state index is -3.04. The van der Waals surface area contributed by atoms with Crippen molar-refractivity contribution in [2.75, 3.05) is 32.3 Å². The molecule has 0 saturated carbocycles. The van der Waals surface area contributed by atoms with Gasteiger partial charge in [0, 0.05) is 12.6 Å². The number of amides is 1. The van der Waals surface area contributed by atoms with E-state index in [4.69, 9.17) is 9.47 Å². The van der Waals surface area contributed by atoms with Crippen molar-refractivity contribution in [3.05, 3.63) is 23.8 Å². The molecule has 0 aliphatic carbocycles. The number of hydrogen-bond donors (Lipinski definition) is 0. The number of methoxy groups -OCH3 is 2. The van der Waals surface area contributed by atoms with Crippen LogP contribution in [0.5, 0.6) is 11.5 Å². The molecule has 0 radical (unpaired) electrons. The normalized spacial score (nSPS) is 19.5. The van der Waals surface area contributed by atoms with Crippen LogP contribution in [-0.2, 0) is 20.0 Å². The first-order valence-corrected chi connectivity index (χ1v) is 10.2. The van der Waals surface area contributed by atoms with Gasteiger partial charge in [-0.2, -0.15) is 0 Å². The number of sulfone groups is 1. The van der Waals surface area contributed by atoms with Gasteiger partial charge >= 0.3 is 0 Å². The molecule has 1 atom stereocenters. The number of hydrogen-bond acceptors (Lipinski definition) is 5. The summed E-state index contributed by atoms with van der Waals surface area (Å²) in [6.07, 6.45) is 0.504. The van der Waals surface area contributed by atoms with E-state index in [0.717, 1.165) is 5.56 Å². The summed E-state index contributed by atoms with van der Waals surface area (Å²) in [6, 6.07) is 5.18. The summed E-state index contributed by atoms with van der Waals surface area (Å²) in [5.74, 6) is 1.28. The third-order valence-corrected chi connectivity index (χ3v) is 6.64. The molecular formula is C18H27NO5S. The summed E-state index contributed by atoms with van der Waals surface area (Å²) in [4.78, 5) is 14.9. The first-order chi connectivity index (χ1) is 11.7. The van der Waals surface area contributed by atoms with Crippen molar-refractivity contribution < 1.29 is 22.7 Å². The van der Waals surface area contributed by atoms with Crippen molar-refractivity contribution in [1.29, 1.82) is 0 Å². The van der Waals surface area contributed by atoms with Crippen LogP contribution in [0, 0.1) is 0 Å². The van der Waals surface area contributed by atoms with Gasteiger partial charge in [-0.3, -0.25) is 4.79 Å². The summed E-state index contributed by atoms with van der Waals surface area (Å²) in [5, 5.41) is 0. The molecule has 7 heteroatoms. The zero-order valence-corrected chi connectivity index (χ0v) is 16.4. The minimum absolute atomic E-state index is 0.0502. The van der Waals surface area contributed by atoms with E-state index in [-0.39, 0.29) is 23.5 Å². The van der Waals surface area contributed by atoms with Crippen LogP contribution in [0.2, 0.25) is 0 Å². The van der Waals surface area contributed by atoms with Crippen LogP contribution >= 0.6 is 0 Å². The lowest BCUT2D eigenvalue weighted by Gasteiger charge is -2.35. The quantitative estimate of drug-likeness (QED) is 0.767. The van der Waals surface area contributed by atoms with Gasteiger partial charge in [0.2, 0.25) is 5.91 Å². The molecule has 6 nitrogen and oxygen atoms in total. The Bertz CT molecular complexity index is 742. The molecule has 1 amide bonds. The fourth-order valence-corrected chi connectivity index (χ4v) is 5.03. The van der Waals surface area contributed by atoms with Gasteiger partial charge in [0.15, 0.2) is 21.3 Å². The van der Waals surface area contributed by atoms with Crippen molar-refractivity contribution >= 4 is 15.7 Å². The number of rotatable bonds is 6. The van der Waals surface area contributed by atoms with Crippen LogP contribution in [-0.4, -0.2) is 57.5 Å². The smallest absolute Gasteiger partial charge is 0.232 e. The van der Waals surface area contributed by atoms with Gasteiger partial charge in [0.05, 0.1) is 31.1 Å². The highest BCUT2D eigenvalue weighted by molar-refractivity contribution is 7.91. The van der Waals surface area contributed by atoms with E-state index in [1.165, 1.54) is 0 Å². The van der Waals surface area contributed by atoms with E-state index in [0.29, 0.717) is 24.5 Å². The molecule has 1 fully saturated rings.